The van der Waals surface area contributed by atoms with Gasteiger partial charge in [0.25, 0.3) is 0 Å². The van der Waals surface area contributed by atoms with Gasteiger partial charge < -0.3 is 4.74 Å². The molecule has 1 heterocycles. The van der Waals surface area contributed by atoms with Crippen LogP contribution in [0.2, 0.25) is 0 Å². The van der Waals surface area contributed by atoms with E-state index in [2.05, 4.69) is 6.92 Å². The molecule has 0 aromatic rings. The Bertz CT molecular complexity index is 225. The van der Waals surface area contributed by atoms with Crippen LogP contribution >= 0.6 is 0 Å². The summed E-state index contributed by atoms with van der Waals surface area (Å²) in [4.78, 5) is 11.7. The minimum absolute atomic E-state index is 0.0268. The Morgan fingerprint density at radius 1 is 0.842 bits per heavy atom. The molecular formula is C17H32O2. The summed E-state index contributed by atoms with van der Waals surface area (Å²) in [6, 6.07) is 0. The van der Waals surface area contributed by atoms with Gasteiger partial charge in [-0.2, -0.15) is 0 Å². The molecule has 2 heteroatoms. The van der Waals surface area contributed by atoms with Crippen molar-refractivity contribution in [3.05, 3.63) is 0 Å². The zero-order valence-electron chi connectivity index (χ0n) is 12.8. The van der Waals surface area contributed by atoms with Crippen LogP contribution in [-0.2, 0) is 9.53 Å². The topological polar surface area (TPSA) is 26.3 Å². The molecule has 1 fully saturated rings. The van der Waals surface area contributed by atoms with Crippen LogP contribution in [0, 0.1) is 0 Å². The van der Waals surface area contributed by atoms with Crippen molar-refractivity contribution in [2.45, 2.75) is 103 Å². The Labute approximate surface area is 119 Å². The number of ether oxygens (including phenoxy) is 1. The first kappa shape index (κ1) is 16.5. The molecule has 0 aromatic carbocycles. The molecule has 0 N–H and O–H groups in total. The fourth-order valence-corrected chi connectivity index (χ4v) is 2.82. The smallest absolute Gasteiger partial charge is 0.306 e. The summed E-state index contributed by atoms with van der Waals surface area (Å²) in [5.74, 6) is 0.0268. The lowest BCUT2D eigenvalue weighted by Gasteiger charge is -2.16. The van der Waals surface area contributed by atoms with Gasteiger partial charge >= 0.3 is 5.97 Å². The van der Waals surface area contributed by atoms with Crippen molar-refractivity contribution in [3.8, 4) is 0 Å². The van der Waals surface area contributed by atoms with Crippen molar-refractivity contribution >= 4 is 5.97 Å². The maximum Gasteiger partial charge on any atom is 0.306 e. The Kier molecular flexibility index (Phi) is 9.84. The highest BCUT2D eigenvalue weighted by molar-refractivity contribution is 5.69. The third kappa shape index (κ3) is 9.07. The lowest BCUT2D eigenvalue weighted by atomic mass is 10.0. The molecule has 112 valence electrons. The zero-order valence-corrected chi connectivity index (χ0v) is 12.8. The lowest BCUT2D eigenvalue weighted by Crippen LogP contribution is -2.17. The summed E-state index contributed by atoms with van der Waals surface area (Å²) in [6.45, 7) is 2.12. The Balaban J connectivity index is 2.28. The lowest BCUT2D eigenvalue weighted by molar-refractivity contribution is -0.149. The van der Waals surface area contributed by atoms with E-state index in [0.29, 0.717) is 6.42 Å². The van der Waals surface area contributed by atoms with Gasteiger partial charge in [0.15, 0.2) is 0 Å². The van der Waals surface area contributed by atoms with Crippen molar-refractivity contribution < 1.29 is 9.53 Å². The van der Waals surface area contributed by atoms with E-state index in [9.17, 15) is 4.79 Å². The molecule has 2 nitrogen and oxygen atoms in total. The maximum absolute atomic E-state index is 11.7. The van der Waals surface area contributed by atoms with E-state index in [-0.39, 0.29) is 12.1 Å². The number of hydrogen-bond acceptors (Lipinski definition) is 2. The van der Waals surface area contributed by atoms with Crippen LogP contribution < -0.4 is 0 Å². The van der Waals surface area contributed by atoms with Gasteiger partial charge in [0.1, 0.15) is 6.10 Å². The van der Waals surface area contributed by atoms with Crippen LogP contribution in [0.15, 0.2) is 0 Å². The van der Waals surface area contributed by atoms with Crippen LogP contribution in [0.25, 0.3) is 0 Å². The molecular weight excluding hydrogens is 236 g/mol. The van der Waals surface area contributed by atoms with Crippen LogP contribution in [0.5, 0.6) is 0 Å². The van der Waals surface area contributed by atoms with E-state index in [1.165, 1.54) is 64.2 Å². The molecule has 0 aliphatic carbocycles. The van der Waals surface area contributed by atoms with Crippen LogP contribution in [0.3, 0.4) is 0 Å². The molecule has 0 unspecified atom stereocenters. The first-order valence-corrected chi connectivity index (χ1v) is 8.52. The minimum atomic E-state index is 0.0268. The number of carbonyl (C=O) groups is 1. The van der Waals surface area contributed by atoms with E-state index in [4.69, 9.17) is 4.74 Å². The number of hydrogen-bond donors (Lipinski definition) is 0. The van der Waals surface area contributed by atoms with E-state index < -0.39 is 0 Å². The number of esters is 1. The summed E-state index contributed by atoms with van der Waals surface area (Å²) < 4.78 is 5.56. The van der Waals surface area contributed by atoms with Gasteiger partial charge in [-0.25, -0.2) is 0 Å². The number of carbonyl (C=O) groups excluding carboxylic acids is 1. The second-order valence-corrected chi connectivity index (χ2v) is 5.95. The fourth-order valence-electron chi connectivity index (χ4n) is 2.82. The van der Waals surface area contributed by atoms with Gasteiger partial charge in [-0.05, 0) is 25.7 Å². The van der Waals surface area contributed by atoms with Gasteiger partial charge in [-0.15, -0.1) is 0 Å². The molecule has 0 saturated carbocycles. The highest BCUT2D eigenvalue weighted by Gasteiger charge is 2.12. The second-order valence-electron chi connectivity index (χ2n) is 5.95. The van der Waals surface area contributed by atoms with E-state index in [1.54, 1.807) is 0 Å². The number of cyclic esters (lactones) is 1. The largest absolute Gasteiger partial charge is 0.462 e. The monoisotopic (exact) mass is 268 g/mol. The molecule has 0 spiro atoms. The second kappa shape index (κ2) is 11.3. The summed E-state index contributed by atoms with van der Waals surface area (Å²) >= 11 is 0. The average Bonchev–Trinajstić information content (AvgIpc) is 2.41. The summed E-state index contributed by atoms with van der Waals surface area (Å²) in [6.07, 6.45) is 17.1. The van der Waals surface area contributed by atoms with Crippen molar-refractivity contribution in [1.29, 1.82) is 0 Å². The fraction of sp³-hybridized carbons (Fsp3) is 0.941. The van der Waals surface area contributed by atoms with Gasteiger partial charge in [0.2, 0.25) is 0 Å². The summed E-state index contributed by atoms with van der Waals surface area (Å²) in [5, 5.41) is 0. The SMILES string of the molecule is CC[C@@H]1CCCCCCCCCCCCCC(=O)O1. The molecule has 1 saturated heterocycles. The molecule has 1 rings (SSSR count). The van der Waals surface area contributed by atoms with Crippen molar-refractivity contribution in [1.82, 2.24) is 0 Å². The van der Waals surface area contributed by atoms with Gasteiger partial charge in [-0.1, -0.05) is 64.7 Å². The quantitative estimate of drug-likeness (QED) is 0.596. The minimum Gasteiger partial charge on any atom is -0.462 e. The molecule has 0 amide bonds. The molecule has 1 aliphatic rings. The van der Waals surface area contributed by atoms with Crippen molar-refractivity contribution in [2.24, 2.45) is 0 Å². The predicted molar refractivity (Wildman–Crippen MR) is 80.2 cm³/mol. The Morgan fingerprint density at radius 2 is 1.32 bits per heavy atom. The molecule has 19 heavy (non-hydrogen) atoms. The van der Waals surface area contributed by atoms with Crippen molar-refractivity contribution in [3.63, 3.8) is 0 Å². The Morgan fingerprint density at radius 3 is 1.84 bits per heavy atom. The predicted octanol–water partition coefficient (Wildman–Crippen LogP) is 5.39. The first-order chi connectivity index (χ1) is 9.33. The summed E-state index contributed by atoms with van der Waals surface area (Å²) in [7, 11) is 0. The molecule has 0 aromatic heterocycles. The average molecular weight is 268 g/mol. The third-order valence-corrected chi connectivity index (χ3v) is 4.16. The van der Waals surface area contributed by atoms with E-state index in [1.807, 2.05) is 0 Å². The van der Waals surface area contributed by atoms with Crippen LogP contribution in [0.4, 0.5) is 0 Å². The molecule has 0 bridgehead atoms. The normalized spacial score (nSPS) is 25.7. The van der Waals surface area contributed by atoms with Crippen LogP contribution in [0.1, 0.15) is 96.8 Å². The first-order valence-electron chi connectivity index (χ1n) is 8.52. The van der Waals surface area contributed by atoms with E-state index in [0.717, 1.165) is 19.3 Å². The molecule has 0 radical (unpaired) electrons. The van der Waals surface area contributed by atoms with Gasteiger partial charge in [0, 0.05) is 6.42 Å². The third-order valence-electron chi connectivity index (χ3n) is 4.16. The van der Waals surface area contributed by atoms with Crippen LogP contribution in [-0.4, -0.2) is 12.1 Å². The summed E-state index contributed by atoms with van der Waals surface area (Å²) in [5.41, 5.74) is 0. The molecule has 1 atom stereocenters. The highest BCUT2D eigenvalue weighted by atomic mass is 16.5. The zero-order chi connectivity index (χ0) is 13.8. The van der Waals surface area contributed by atoms with E-state index >= 15 is 0 Å². The van der Waals surface area contributed by atoms with Gasteiger partial charge in [-0.3, -0.25) is 4.79 Å². The standard InChI is InChI=1S/C17H32O2/c1-2-16-14-12-10-8-6-4-3-5-7-9-11-13-15-17(18)19-16/h16H,2-15H2,1H3/t16-/m1/s1. The van der Waals surface area contributed by atoms with Gasteiger partial charge in [0.05, 0.1) is 0 Å². The highest BCUT2D eigenvalue weighted by Crippen LogP contribution is 2.16. The Hall–Kier alpha value is -0.530. The molecule has 1 aliphatic heterocycles. The van der Waals surface area contributed by atoms with Crippen molar-refractivity contribution in [2.75, 3.05) is 0 Å². The number of rotatable bonds is 1. The maximum atomic E-state index is 11.7.